The largest absolute Gasteiger partial charge is 0.497 e. The molecule has 0 radical (unpaired) electrons. The van der Waals surface area contributed by atoms with Crippen LogP contribution in [-0.4, -0.2) is 25.9 Å². The Morgan fingerprint density at radius 2 is 1.53 bits per heavy atom. The second-order valence-electron chi connectivity index (χ2n) is 6.51. The normalized spacial score (nSPS) is 10.6. The Labute approximate surface area is 173 Å². The number of carbonyl (C=O) groups excluding carboxylic acids is 2. The Morgan fingerprint density at radius 1 is 0.833 bits per heavy atom. The number of carbonyl (C=O) groups is 2. The summed E-state index contributed by atoms with van der Waals surface area (Å²) in [5, 5.41) is 3.48. The lowest BCUT2D eigenvalue weighted by Crippen LogP contribution is -2.15. The van der Waals surface area contributed by atoms with E-state index in [0.29, 0.717) is 39.3 Å². The van der Waals surface area contributed by atoms with Crippen molar-refractivity contribution in [2.45, 2.75) is 0 Å². The molecular formula is C24H19NO5. The molecule has 6 nitrogen and oxygen atoms in total. The molecule has 0 bridgehead atoms. The first-order chi connectivity index (χ1) is 14.6. The van der Waals surface area contributed by atoms with Crippen molar-refractivity contribution in [3.63, 3.8) is 0 Å². The Balaban J connectivity index is 1.77. The SMILES string of the molecule is COc1ccc(C(=O)c2oc3ccccc3c2NC(=O)c2ccccc2OC)cc1. The van der Waals surface area contributed by atoms with E-state index in [9.17, 15) is 9.59 Å². The van der Waals surface area contributed by atoms with Crippen molar-refractivity contribution >= 4 is 28.3 Å². The van der Waals surface area contributed by atoms with Gasteiger partial charge in [-0.25, -0.2) is 0 Å². The standard InChI is InChI=1S/C24H19NO5/c1-28-16-13-11-15(12-14-16)22(26)23-21(17-7-3-6-10-20(17)30-23)25-24(27)18-8-4-5-9-19(18)29-2/h3-14H,1-2H3,(H,25,27). The van der Waals surface area contributed by atoms with E-state index >= 15 is 0 Å². The van der Waals surface area contributed by atoms with Crippen LogP contribution in [-0.2, 0) is 0 Å². The highest BCUT2D eigenvalue weighted by Gasteiger charge is 2.24. The third kappa shape index (κ3) is 3.51. The van der Waals surface area contributed by atoms with Crippen molar-refractivity contribution in [2.75, 3.05) is 19.5 Å². The molecular weight excluding hydrogens is 382 g/mol. The van der Waals surface area contributed by atoms with Crippen LogP contribution in [0.5, 0.6) is 11.5 Å². The van der Waals surface area contributed by atoms with Crippen molar-refractivity contribution in [3.05, 3.63) is 89.7 Å². The number of anilines is 1. The van der Waals surface area contributed by atoms with Crippen molar-refractivity contribution in [1.82, 2.24) is 0 Å². The molecule has 1 N–H and O–H groups in total. The number of hydrogen-bond acceptors (Lipinski definition) is 5. The molecule has 1 heterocycles. The fourth-order valence-electron chi connectivity index (χ4n) is 3.22. The van der Waals surface area contributed by atoms with Crippen LogP contribution in [0.1, 0.15) is 26.5 Å². The molecule has 6 heteroatoms. The van der Waals surface area contributed by atoms with E-state index < -0.39 is 5.91 Å². The highest BCUT2D eigenvalue weighted by Crippen LogP contribution is 2.33. The summed E-state index contributed by atoms with van der Waals surface area (Å²) in [6.45, 7) is 0. The predicted molar refractivity (Wildman–Crippen MR) is 114 cm³/mol. The molecule has 0 spiro atoms. The summed E-state index contributed by atoms with van der Waals surface area (Å²) >= 11 is 0. The van der Waals surface area contributed by atoms with Crippen LogP contribution < -0.4 is 14.8 Å². The van der Waals surface area contributed by atoms with Crippen LogP contribution in [0, 0.1) is 0 Å². The van der Waals surface area contributed by atoms with Gasteiger partial charge in [-0.2, -0.15) is 0 Å². The highest BCUT2D eigenvalue weighted by molar-refractivity contribution is 6.19. The molecule has 0 fully saturated rings. The van der Waals surface area contributed by atoms with E-state index in [1.165, 1.54) is 7.11 Å². The quantitative estimate of drug-likeness (QED) is 0.463. The van der Waals surface area contributed by atoms with Gasteiger partial charge < -0.3 is 19.2 Å². The summed E-state index contributed by atoms with van der Waals surface area (Å²) in [6, 6.07) is 20.7. The average molecular weight is 401 g/mol. The second-order valence-corrected chi connectivity index (χ2v) is 6.51. The second kappa shape index (κ2) is 8.13. The molecule has 4 aromatic rings. The molecule has 0 atom stereocenters. The minimum Gasteiger partial charge on any atom is -0.497 e. The van der Waals surface area contributed by atoms with Crippen molar-refractivity contribution in [3.8, 4) is 11.5 Å². The van der Waals surface area contributed by atoms with E-state index in [1.807, 2.05) is 6.07 Å². The summed E-state index contributed by atoms with van der Waals surface area (Å²) in [7, 11) is 3.06. The fourth-order valence-corrected chi connectivity index (χ4v) is 3.22. The molecule has 3 aromatic carbocycles. The Kier molecular flexibility index (Phi) is 5.22. The van der Waals surface area contributed by atoms with Crippen LogP contribution in [0.2, 0.25) is 0 Å². The molecule has 30 heavy (non-hydrogen) atoms. The predicted octanol–water partition coefficient (Wildman–Crippen LogP) is 4.93. The molecule has 0 saturated heterocycles. The molecule has 0 unspecified atom stereocenters. The first-order valence-corrected chi connectivity index (χ1v) is 9.27. The maximum absolute atomic E-state index is 13.2. The van der Waals surface area contributed by atoms with Crippen molar-refractivity contribution in [2.24, 2.45) is 0 Å². The van der Waals surface area contributed by atoms with Gasteiger partial charge in [0.2, 0.25) is 5.78 Å². The van der Waals surface area contributed by atoms with Gasteiger partial charge in [-0.15, -0.1) is 0 Å². The molecule has 1 amide bonds. The van der Waals surface area contributed by atoms with E-state index in [-0.39, 0.29) is 11.5 Å². The van der Waals surface area contributed by atoms with Gasteiger partial charge in [-0.1, -0.05) is 24.3 Å². The first kappa shape index (κ1) is 19.3. The molecule has 0 aliphatic heterocycles. The molecule has 0 aliphatic rings. The Morgan fingerprint density at radius 3 is 2.27 bits per heavy atom. The van der Waals surface area contributed by atoms with Gasteiger partial charge in [0.05, 0.1) is 25.5 Å². The Hall–Kier alpha value is -4.06. The lowest BCUT2D eigenvalue weighted by molar-refractivity contribution is 0.101. The smallest absolute Gasteiger partial charge is 0.259 e. The van der Waals surface area contributed by atoms with Gasteiger partial charge >= 0.3 is 0 Å². The van der Waals surface area contributed by atoms with Crippen molar-refractivity contribution in [1.29, 1.82) is 0 Å². The summed E-state index contributed by atoms with van der Waals surface area (Å²) in [5.41, 5.74) is 1.60. The van der Waals surface area contributed by atoms with Gasteiger partial charge in [0.25, 0.3) is 5.91 Å². The number of ketones is 1. The molecule has 1 aromatic heterocycles. The average Bonchev–Trinajstić information content (AvgIpc) is 3.17. The zero-order valence-corrected chi connectivity index (χ0v) is 16.5. The number of para-hydroxylation sites is 2. The summed E-state index contributed by atoms with van der Waals surface area (Å²) in [6.07, 6.45) is 0. The first-order valence-electron chi connectivity index (χ1n) is 9.27. The van der Waals surface area contributed by atoms with Crippen LogP contribution in [0.3, 0.4) is 0 Å². The van der Waals surface area contributed by atoms with Crippen LogP contribution in [0.15, 0.2) is 77.2 Å². The number of methoxy groups -OCH3 is 2. The van der Waals surface area contributed by atoms with Crippen LogP contribution >= 0.6 is 0 Å². The molecule has 150 valence electrons. The van der Waals surface area contributed by atoms with Gasteiger partial charge in [0.1, 0.15) is 17.1 Å². The van der Waals surface area contributed by atoms with Crippen LogP contribution in [0.25, 0.3) is 11.0 Å². The lowest BCUT2D eigenvalue weighted by Gasteiger charge is -2.09. The van der Waals surface area contributed by atoms with Gasteiger partial charge in [-0.3, -0.25) is 9.59 Å². The summed E-state index contributed by atoms with van der Waals surface area (Å²) < 4.78 is 16.3. The van der Waals surface area contributed by atoms with E-state index in [4.69, 9.17) is 13.9 Å². The van der Waals surface area contributed by atoms with Crippen LogP contribution in [0.4, 0.5) is 5.69 Å². The molecule has 0 aliphatic carbocycles. The minimum atomic E-state index is -0.400. The van der Waals surface area contributed by atoms with Gasteiger partial charge in [0, 0.05) is 10.9 Å². The van der Waals surface area contributed by atoms with Crippen molar-refractivity contribution < 1.29 is 23.5 Å². The van der Waals surface area contributed by atoms with Gasteiger partial charge in [0.15, 0.2) is 5.76 Å². The zero-order chi connectivity index (χ0) is 21.1. The Bertz CT molecular complexity index is 1220. The maximum Gasteiger partial charge on any atom is 0.259 e. The highest BCUT2D eigenvalue weighted by atomic mass is 16.5. The number of fused-ring (bicyclic) bond motifs is 1. The lowest BCUT2D eigenvalue weighted by atomic mass is 10.1. The van der Waals surface area contributed by atoms with E-state index in [1.54, 1.807) is 73.8 Å². The number of ether oxygens (including phenoxy) is 2. The molecule has 0 saturated carbocycles. The third-order valence-electron chi connectivity index (χ3n) is 4.74. The minimum absolute atomic E-state index is 0.0598. The maximum atomic E-state index is 13.2. The summed E-state index contributed by atoms with van der Waals surface area (Å²) in [4.78, 5) is 26.1. The fraction of sp³-hybridized carbons (Fsp3) is 0.0833. The van der Waals surface area contributed by atoms with E-state index in [0.717, 1.165) is 0 Å². The van der Waals surface area contributed by atoms with Gasteiger partial charge in [-0.05, 0) is 48.5 Å². The monoisotopic (exact) mass is 401 g/mol. The summed E-state index contributed by atoms with van der Waals surface area (Å²) in [5.74, 6) is 0.392. The number of nitrogens with one attached hydrogen (secondary N) is 1. The number of benzene rings is 3. The number of hydrogen-bond donors (Lipinski definition) is 1. The third-order valence-corrected chi connectivity index (χ3v) is 4.74. The number of rotatable bonds is 6. The molecule has 4 rings (SSSR count). The van der Waals surface area contributed by atoms with E-state index in [2.05, 4.69) is 5.32 Å². The topological polar surface area (TPSA) is 77.8 Å². The number of amides is 1. The number of furan rings is 1. The zero-order valence-electron chi connectivity index (χ0n) is 16.5.